The molecule has 1 aliphatic carbocycles. The van der Waals surface area contributed by atoms with Crippen molar-refractivity contribution in [2.24, 2.45) is 0 Å². The van der Waals surface area contributed by atoms with Crippen molar-refractivity contribution >= 4 is 33.2 Å². The van der Waals surface area contributed by atoms with Crippen molar-refractivity contribution in [2.45, 2.75) is 13.8 Å². The molecule has 4 nitrogen and oxygen atoms in total. The molecule has 0 bridgehead atoms. The fourth-order valence-corrected chi connectivity index (χ4v) is 3.59. The van der Waals surface area contributed by atoms with Crippen molar-refractivity contribution < 1.29 is 9.47 Å². The van der Waals surface area contributed by atoms with E-state index in [9.17, 15) is 4.79 Å². The summed E-state index contributed by atoms with van der Waals surface area (Å²) in [5, 5.41) is 0.274. The summed E-state index contributed by atoms with van der Waals surface area (Å²) in [6, 6.07) is 7.20. The van der Waals surface area contributed by atoms with Gasteiger partial charge in [0.25, 0.3) is 0 Å². The van der Waals surface area contributed by atoms with Crippen molar-refractivity contribution in [2.75, 3.05) is 13.2 Å². The lowest BCUT2D eigenvalue weighted by molar-refractivity contribution is 0.337. The van der Waals surface area contributed by atoms with Crippen LogP contribution in [0.4, 0.5) is 0 Å². The number of hydrogen-bond acceptors (Lipinski definition) is 5. The zero-order valence-electron chi connectivity index (χ0n) is 12.2. The number of rotatable bonds is 4. The Morgan fingerprint density at radius 1 is 1.18 bits per heavy atom. The van der Waals surface area contributed by atoms with Crippen LogP contribution in [0, 0.1) is 0 Å². The Labute approximate surface area is 136 Å². The van der Waals surface area contributed by atoms with E-state index in [-0.39, 0.29) is 16.2 Å². The molecule has 0 aromatic heterocycles. The van der Waals surface area contributed by atoms with E-state index in [0.717, 1.165) is 20.8 Å². The molecule has 0 amide bonds. The van der Waals surface area contributed by atoms with E-state index < -0.39 is 0 Å². The Balaban J connectivity index is 2.25. The molecule has 3 rings (SSSR count). The van der Waals surface area contributed by atoms with Crippen LogP contribution in [0.5, 0.6) is 11.5 Å². The number of fused-ring (bicyclic) bond motifs is 2. The first-order valence-electron chi connectivity index (χ1n) is 6.96. The van der Waals surface area contributed by atoms with Crippen molar-refractivity contribution in [3.63, 3.8) is 0 Å². The molecule has 22 heavy (non-hydrogen) atoms. The number of benzene rings is 2. The van der Waals surface area contributed by atoms with Gasteiger partial charge in [-0.05, 0) is 32.0 Å². The largest absolute Gasteiger partial charge is 0.494 e. The standard InChI is InChI=1S/C16H14ClNO3S/c1-3-20-9-5-6-10-12(7-9)22-13-8-11(19)16(21-4-2)14(17)15(13)18-10/h5-8H,3-4H2,1-2H3. The zero-order chi connectivity index (χ0) is 15.7. The summed E-state index contributed by atoms with van der Waals surface area (Å²) in [6.07, 6.45) is 0. The van der Waals surface area contributed by atoms with E-state index in [4.69, 9.17) is 21.1 Å². The highest BCUT2D eigenvalue weighted by Crippen LogP contribution is 2.38. The Kier molecular flexibility index (Phi) is 4.18. The maximum atomic E-state index is 12.1. The van der Waals surface area contributed by atoms with E-state index in [0.29, 0.717) is 18.9 Å². The lowest BCUT2D eigenvalue weighted by Gasteiger charge is -2.12. The van der Waals surface area contributed by atoms with Gasteiger partial charge in [0.1, 0.15) is 16.5 Å². The molecule has 1 aliphatic heterocycles. The fourth-order valence-electron chi connectivity index (χ4n) is 2.20. The van der Waals surface area contributed by atoms with Crippen LogP contribution in [-0.2, 0) is 0 Å². The lowest BCUT2D eigenvalue weighted by atomic mass is 10.2. The van der Waals surface area contributed by atoms with Crippen LogP contribution in [0.3, 0.4) is 0 Å². The van der Waals surface area contributed by atoms with Crippen LogP contribution >= 0.6 is 22.9 Å². The van der Waals surface area contributed by atoms with E-state index in [2.05, 4.69) is 4.98 Å². The Morgan fingerprint density at radius 2 is 1.95 bits per heavy atom. The van der Waals surface area contributed by atoms with Gasteiger partial charge in [-0.25, -0.2) is 4.98 Å². The SMILES string of the molecule is CCOc1ccc2nc3c(Cl)c(OCC)c(=O)cc-3sc2c1. The van der Waals surface area contributed by atoms with Crippen LogP contribution in [0.1, 0.15) is 13.8 Å². The van der Waals surface area contributed by atoms with Crippen LogP contribution < -0.4 is 14.9 Å². The van der Waals surface area contributed by atoms with Gasteiger partial charge in [-0.2, -0.15) is 0 Å². The molecule has 0 spiro atoms. The Hall–Kier alpha value is -1.85. The monoisotopic (exact) mass is 335 g/mol. The summed E-state index contributed by atoms with van der Waals surface area (Å²) >= 11 is 7.77. The molecule has 6 heteroatoms. The van der Waals surface area contributed by atoms with Gasteiger partial charge in [-0.3, -0.25) is 4.79 Å². The van der Waals surface area contributed by atoms with Crippen LogP contribution in [0.15, 0.2) is 29.1 Å². The third-order valence-corrected chi connectivity index (χ3v) is 4.54. The van der Waals surface area contributed by atoms with Crippen molar-refractivity contribution in [3.05, 3.63) is 39.5 Å². The maximum Gasteiger partial charge on any atom is 0.223 e. The first-order valence-corrected chi connectivity index (χ1v) is 8.16. The molecule has 1 aromatic carbocycles. The molecule has 0 atom stereocenters. The predicted molar refractivity (Wildman–Crippen MR) is 89.9 cm³/mol. The number of hydrogen-bond donors (Lipinski definition) is 0. The molecule has 0 radical (unpaired) electrons. The van der Waals surface area contributed by atoms with E-state index in [1.807, 2.05) is 32.0 Å². The highest BCUT2D eigenvalue weighted by atomic mass is 35.5. The van der Waals surface area contributed by atoms with E-state index >= 15 is 0 Å². The molecular formula is C16H14ClNO3S. The Bertz CT molecular complexity index is 862. The van der Waals surface area contributed by atoms with Crippen LogP contribution in [-0.4, -0.2) is 18.2 Å². The number of nitrogens with zero attached hydrogens (tertiary/aromatic N) is 1. The van der Waals surface area contributed by atoms with Gasteiger partial charge in [0, 0.05) is 6.07 Å². The lowest BCUT2D eigenvalue weighted by Crippen LogP contribution is -2.09. The van der Waals surface area contributed by atoms with E-state index in [1.165, 1.54) is 17.4 Å². The van der Waals surface area contributed by atoms with E-state index in [1.54, 1.807) is 0 Å². The van der Waals surface area contributed by atoms with Gasteiger partial charge in [0.15, 0.2) is 5.75 Å². The molecule has 0 N–H and O–H groups in total. The molecule has 2 aliphatic rings. The minimum Gasteiger partial charge on any atom is -0.494 e. The molecule has 0 saturated carbocycles. The summed E-state index contributed by atoms with van der Waals surface area (Å²) in [6.45, 7) is 4.73. The molecule has 1 heterocycles. The molecule has 0 saturated heterocycles. The molecule has 0 unspecified atom stereocenters. The normalized spacial score (nSPS) is 11.0. The minimum absolute atomic E-state index is 0.168. The quantitative estimate of drug-likeness (QED) is 0.670. The smallest absolute Gasteiger partial charge is 0.223 e. The van der Waals surface area contributed by atoms with Crippen molar-refractivity contribution in [1.29, 1.82) is 0 Å². The van der Waals surface area contributed by atoms with Crippen molar-refractivity contribution in [1.82, 2.24) is 4.98 Å². The number of ether oxygens (including phenoxy) is 2. The third-order valence-electron chi connectivity index (χ3n) is 3.11. The second kappa shape index (κ2) is 6.10. The van der Waals surface area contributed by atoms with Gasteiger partial charge in [0.05, 0.1) is 28.3 Å². The highest BCUT2D eigenvalue weighted by Gasteiger charge is 2.19. The third kappa shape index (κ3) is 2.62. The summed E-state index contributed by atoms with van der Waals surface area (Å²) in [5.74, 6) is 0.952. The van der Waals surface area contributed by atoms with Gasteiger partial charge in [0.2, 0.25) is 5.43 Å². The minimum atomic E-state index is -0.224. The van der Waals surface area contributed by atoms with Crippen molar-refractivity contribution in [3.8, 4) is 22.1 Å². The number of halogens is 1. The highest BCUT2D eigenvalue weighted by molar-refractivity contribution is 7.21. The summed E-state index contributed by atoms with van der Waals surface area (Å²) in [7, 11) is 0. The summed E-state index contributed by atoms with van der Waals surface area (Å²) in [4.78, 5) is 17.4. The van der Waals surface area contributed by atoms with Gasteiger partial charge in [-0.15, -0.1) is 11.3 Å². The average Bonchev–Trinajstić information content (AvgIpc) is 2.50. The second-order valence-corrected chi connectivity index (χ2v) is 6.04. The maximum absolute atomic E-state index is 12.1. The van der Waals surface area contributed by atoms with Gasteiger partial charge >= 0.3 is 0 Å². The topological polar surface area (TPSA) is 48.4 Å². The molecular weight excluding hydrogens is 322 g/mol. The van der Waals surface area contributed by atoms with Gasteiger partial charge in [-0.1, -0.05) is 11.6 Å². The first kappa shape index (κ1) is 15.1. The second-order valence-electron chi connectivity index (χ2n) is 4.57. The average molecular weight is 336 g/mol. The molecule has 114 valence electrons. The summed E-state index contributed by atoms with van der Waals surface area (Å²) < 4.78 is 11.8. The van der Waals surface area contributed by atoms with Crippen LogP contribution in [0.2, 0.25) is 5.02 Å². The van der Waals surface area contributed by atoms with Crippen LogP contribution in [0.25, 0.3) is 20.8 Å². The zero-order valence-corrected chi connectivity index (χ0v) is 13.8. The van der Waals surface area contributed by atoms with Gasteiger partial charge < -0.3 is 9.47 Å². The summed E-state index contributed by atoms with van der Waals surface area (Å²) in [5.41, 5.74) is 1.17. The molecule has 1 aromatic rings. The predicted octanol–water partition coefficient (Wildman–Crippen LogP) is 4.21. The molecule has 0 fully saturated rings. The first-order chi connectivity index (χ1) is 10.6. The Morgan fingerprint density at radius 3 is 2.68 bits per heavy atom. The number of aromatic nitrogens is 1. The fraction of sp³-hybridized carbons (Fsp3) is 0.250.